The minimum absolute atomic E-state index is 0.0255. The van der Waals surface area contributed by atoms with Crippen molar-refractivity contribution >= 4 is 34.7 Å². The third-order valence-electron chi connectivity index (χ3n) is 4.29. The van der Waals surface area contributed by atoms with E-state index < -0.39 is 0 Å². The predicted octanol–water partition coefficient (Wildman–Crippen LogP) is 2.03. The highest BCUT2D eigenvalue weighted by Gasteiger charge is 2.18. The second kappa shape index (κ2) is 9.78. The molecule has 0 aliphatic carbocycles. The maximum absolute atomic E-state index is 11.3. The lowest BCUT2D eigenvalue weighted by Crippen LogP contribution is -2.48. The van der Waals surface area contributed by atoms with Gasteiger partial charge in [-0.3, -0.25) is 9.59 Å². The lowest BCUT2D eigenvalue weighted by molar-refractivity contribution is -0.129. The zero-order valence-electron chi connectivity index (χ0n) is 16.3. The number of rotatable bonds is 3. The fourth-order valence-electron chi connectivity index (χ4n) is 2.77. The van der Waals surface area contributed by atoms with Gasteiger partial charge in [0, 0.05) is 56.6 Å². The molecule has 1 saturated heterocycles. The number of nitrogens with one attached hydrogen (secondary N) is 2. The van der Waals surface area contributed by atoms with Gasteiger partial charge in [-0.2, -0.15) is 0 Å². The van der Waals surface area contributed by atoms with E-state index in [1.807, 2.05) is 30.2 Å². The van der Waals surface area contributed by atoms with Crippen molar-refractivity contribution in [1.82, 2.24) is 24.8 Å². The topological polar surface area (TPSA) is 107 Å². The first-order chi connectivity index (χ1) is 14.0. The van der Waals surface area contributed by atoms with Crippen LogP contribution in [0, 0.1) is 6.92 Å². The van der Waals surface area contributed by atoms with E-state index in [0.29, 0.717) is 11.8 Å². The molecule has 0 spiro atoms. The predicted molar refractivity (Wildman–Crippen MR) is 114 cm³/mol. The van der Waals surface area contributed by atoms with E-state index in [2.05, 4.69) is 30.2 Å². The molecule has 10 heteroatoms. The molecule has 4 rings (SSSR count). The number of amides is 1. The summed E-state index contributed by atoms with van der Waals surface area (Å²) in [6, 6.07) is 5.69. The highest BCUT2D eigenvalue weighted by atomic mass is 32.1. The molecule has 3 aromatic heterocycles. The molecule has 4 heterocycles. The first kappa shape index (κ1) is 20.5. The number of hydrogen-bond acceptors (Lipinski definition) is 8. The van der Waals surface area contributed by atoms with Crippen LogP contribution in [0.3, 0.4) is 0 Å². The van der Waals surface area contributed by atoms with Gasteiger partial charge in [0.1, 0.15) is 5.82 Å². The number of H-pyrrole nitrogens is 1. The first-order valence-electron chi connectivity index (χ1n) is 9.16. The van der Waals surface area contributed by atoms with Gasteiger partial charge in [-0.05, 0) is 25.1 Å². The fourth-order valence-corrected chi connectivity index (χ4v) is 3.33. The molecule has 2 N–H and O–H groups in total. The summed E-state index contributed by atoms with van der Waals surface area (Å²) >= 11 is 1.19. The van der Waals surface area contributed by atoms with Crippen LogP contribution < -0.4 is 15.1 Å². The molecular formula is C19H23N7O2S. The zero-order chi connectivity index (χ0) is 20.6. The van der Waals surface area contributed by atoms with E-state index in [9.17, 15) is 9.59 Å². The van der Waals surface area contributed by atoms with Crippen LogP contribution in [0.5, 0.6) is 0 Å². The molecule has 1 amide bonds. The molecule has 152 valence electrons. The molecule has 1 fully saturated rings. The summed E-state index contributed by atoms with van der Waals surface area (Å²) in [5.41, 5.74) is 2.00. The van der Waals surface area contributed by atoms with E-state index in [0.717, 1.165) is 37.6 Å². The highest BCUT2D eigenvalue weighted by Crippen LogP contribution is 2.18. The van der Waals surface area contributed by atoms with Crippen molar-refractivity contribution in [2.45, 2.75) is 13.8 Å². The lowest BCUT2D eigenvalue weighted by atomic mass is 10.2. The van der Waals surface area contributed by atoms with Crippen LogP contribution in [-0.4, -0.2) is 56.9 Å². The first-order valence-corrected chi connectivity index (χ1v) is 10.0. The number of aryl methyl sites for hydroxylation is 1. The van der Waals surface area contributed by atoms with Crippen molar-refractivity contribution < 1.29 is 4.79 Å². The number of nitrogens with zero attached hydrogens (tertiary/aromatic N) is 5. The zero-order valence-corrected chi connectivity index (χ0v) is 17.1. The van der Waals surface area contributed by atoms with Gasteiger partial charge < -0.3 is 20.1 Å². The third-order valence-corrected chi connectivity index (χ3v) is 5.07. The van der Waals surface area contributed by atoms with E-state index in [-0.39, 0.29) is 10.8 Å². The van der Waals surface area contributed by atoms with E-state index in [1.54, 1.807) is 30.8 Å². The summed E-state index contributed by atoms with van der Waals surface area (Å²) in [6.45, 7) is 6.65. The third kappa shape index (κ3) is 6.11. The van der Waals surface area contributed by atoms with Crippen molar-refractivity contribution in [2.24, 2.45) is 0 Å². The van der Waals surface area contributed by atoms with Crippen molar-refractivity contribution in [3.8, 4) is 0 Å². The van der Waals surface area contributed by atoms with Gasteiger partial charge in [-0.15, -0.1) is 0 Å². The summed E-state index contributed by atoms with van der Waals surface area (Å²) in [5, 5.41) is 4.85. The minimum Gasteiger partial charge on any atom is -0.367 e. The largest absolute Gasteiger partial charge is 0.367 e. The normalized spacial score (nSPS) is 13.4. The SMILES string of the molecule is CC(=O)N1CCN(c2ccc(Nc3ncccn3)nc2)CC1.Cc1csc(=O)[nH]1. The second-order valence-corrected chi connectivity index (χ2v) is 7.27. The number of piperazine rings is 1. The Morgan fingerprint density at radius 1 is 1.14 bits per heavy atom. The van der Waals surface area contributed by atoms with Crippen molar-refractivity contribution in [2.75, 3.05) is 36.4 Å². The summed E-state index contributed by atoms with van der Waals surface area (Å²) in [4.78, 5) is 40.9. The Bertz CT molecular complexity index is 964. The molecule has 0 radical (unpaired) electrons. The number of hydrogen-bond donors (Lipinski definition) is 2. The highest BCUT2D eigenvalue weighted by molar-refractivity contribution is 7.07. The van der Waals surface area contributed by atoms with Crippen LogP contribution in [-0.2, 0) is 4.79 Å². The number of thiazole rings is 1. The Kier molecular flexibility index (Phi) is 6.90. The second-order valence-electron chi connectivity index (χ2n) is 6.42. The average Bonchev–Trinajstić information content (AvgIpc) is 3.12. The average molecular weight is 414 g/mol. The van der Waals surface area contributed by atoms with Crippen LogP contribution in [0.4, 0.5) is 17.5 Å². The van der Waals surface area contributed by atoms with Crippen LogP contribution in [0.25, 0.3) is 0 Å². The smallest absolute Gasteiger partial charge is 0.304 e. The molecule has 3 aromatic rings. The standard InChI is InChI=1S/C15H18N6O.C4H5NOS/c1-12(22)20-7-9-21(10-8-20)13-3-4-14(18-11-13)19-15-16-5-2-6-17-15;1-3-2-7-4(6)5-3/h2-6,11H,7-10H2,1H3,(H,16,17,18,19);2H,1H3,(H,5,6). The number of anilines is 3. The van der Waals surface area contributed by atoms with E-state index in [1.165, 1.54) is 11.3 Å². The van der Waals surface area contributed by atoms with E-state index in [4.69, 9.17) is 0 Å². The number of aromatic amines is 1. The van der Waals surface area contributed by atoms with Gasteiger partial charge in [-0.25, -0.2) is 15.0 Å². The number of pyridine rings is 1. The Morgan fingerprint density at radius 3 is 2.34 bits per heavy atom. The molecule has 1 aliphatic rings. The maximum Gasteiger partial charge on any atom is 0.304 e. The Hall–Kier alpha value is -3.27. The molecular weight excluding hydrogens is 390 g/mol. The minimum atomic E-state index is 0.0255. The van der Waals surface area contributed by atoms with Crippen LogP contribution in [0.2, 0.25) is 0 Å². The van der Waals surface area contributed by atoms with Gasteiger partial charge in [0.05, 0.1) is 11.9 Å². The van der Waals surface area contributed by atoms with Crippen LogP contribution >= 0.6 is 11.3 Å². The van der Waals surface area contributed by atoms with Gasteiger partial charge in [0.15, 0.2) is 0 Å². The number of carbonyl (C=O) groups excluding carboxylic acids is 1. The van der Waals surface area contributed by atoms with Crippen molar-refractivity contribution in [3.05, 3.63) is 57.5 Å². The Balaban J connectivity index is 0.000000290. The summed E-state index contributed by atoms with van der Waals surface area (Å²) < 4.78 is 0. The summed E-state index contributed by atoms with van der Waals surface area (Å²) in [7, 11) is 0. The molecule has 0 bridgehead atoms. The van der Waals surface area contributed by atoms with Crippen LogP contribution in [0.1, 0.15) is 12.6 Å². The van der Waals surface area contributed by atoms with Gasteiger partial charge in [0.25, 0.3) is 0 Å². The molecule has 0 atom stereocenters. The molecule has 29 heavy (non-hydrogen) atoms. The maximum atomic E-state index is 11.3. The van der Waals surface area contributed by atoms with Crippen molar-refractivity contribution in [3.63, 3.8) is 0 Å². The number of aromatic nitrogens is 4. The number of carbonyl (C=O) groups is 1. The summed E-state index contributed by atoms with van der Waals surface area (Å²) in [5.74, 6) is 1.37. The Morgan fingerprint density at radius 2 is 1.86 bits per heavy atom. The summed E-state index contributed by atoms with van der Waals surface area (Å²) in [6.07, 6.45) is 5.19. The lowest BCUT2D eigenvalue weighted by Gasteiger charge is -2.35. The molecule has 0 saturated carbocycles. The van der Waals surface area contributed by atoms with Crippen molar-refractivity contribution in [1.29, 1.82) is 0 Å². The molecule has 0 aromatic carbocycles. The molecule has 9 nitrogen and oxygen atoms in total. The Labute approximate surface area is 172 Å². The van der Waals surface area contributed by atoms with Crippen LogP contribution in [0.15, 0.2) is 47.0 Å². The molecule has 0 unspecified atom stereocenters. The van der Waals surface area contributed by atoms with E-state index >= 15 is 0 Å². The van der Waals surface area contributed by atoms with Gasteiger partial charge in [0.2, 0.25) is 11.9 Å². The quantitative estimate of drug-likeness (QED) is 0.676. The monoisotopic (exact) mass is 413 g/mol. The van der Waals surface area contributed by atoms with Gasteiger partial charge >= 0.3 is 4.87 Å². The fraction of sp³-hybridized carbons (Fsp3) is 0.316. The molecule has 1 aliphatic heterocycles. The van der Waals surface area contributed by atoms with Gasteiger partial charge in [-0.1, -0.05) is 11.3 Å².